The van der Waals surface area contributed by atoms with Gasteiger partial charge in [-0.3, -0.25) is 9.59 Å². The molecule has 2 aromatic rings. The third-order valence-electron chi connectivity index (χ3n) is 4.59. The van der Waals surface area contributed by atoms with Gasteiger partial charge in [-0.2, -0.15) is 0 Å². The van der Waals surface area contributed by atoms with Crippen molar-refractivity contribution in [1.29, 1.82) is 0 Å². The summed E-state index contributed by atoms with van der Waals surface area (Å²) in [6, 6.07) is 11.4. The highest BCUT2D eigenvalue weighted by molar-refractivity contribution is 5.94. The van der Waals surface area contributed by atoms with Crippen LogP contribution >= 0.6 is 0 Å². The van der Waals surface area contributed by atoms with Crippen molar-refractivity contribution in [1.82, 2.24) is 9.47 Å². The molecular formula is C19H23N3O2. The van der Waals surface area contributed by atoms with E-state index in [1.165, 1.54) is 0 Å². The second-order valence-electron chi connectivity index (χ2n) is 6.49. The third-order valence-corrected chi connectivity index (χ3v) is 4.59. The van der Waals surface area contributed by atoms with Crippen LogP contribution in [0.2, 0.25) is 0 Å². The summed E-state index contributed by atoms with van der Waals surface area (Å²) in [5.74, 6) is 0.154. The fraction of sp³-hybridized carbons (Fsp3) is 0.368. The normalized spacial score (nSPS) is 17.2. The van der Waals surface area contributed by atoms with Crippen molar-refractivity contribution >= 4 is 5.91 Å². The van der Waals surface area contributed by atoms with Gasteiger partial charge in [0.25, 0.3) is 11.5 Å². The van der Waals surface area contributed by atoms with Crippen LogP contribution in [0.4, 0.5) is 0 Å². The molecular weight excluding hydrogens is 302 g/mol. The van der Waals surface area contributed by atoms with Crippen LogP contribution in [-0.4, -0.2) is 35.0 Å². The van der Waals surface area contributed by atoms with E-state index in [4.69, 9.17) is 5.73 Å². The summed E-state index contributed by atoms with van der Waals surface area (Å²) in [6.07, 6.45) is 2.64. The number of aryl methyl sites for hydroxylation is 1. The van der Waals surface area contributed by atoms with Crippen molar-refractivity contribution < 1.29 is 4.79 Å². The van der Waals surface area contributed by atoms with Gasteiger partial charge in [0.2, 0.25) is 0 Å². The van der Waals surface area contributed by atoms with Gasteiger partial charge in [-0.05, 0) is 43.5 Å². The van der Waals surface area contributed by atoms with E-state index >= 15 is 0 Å². The van der Waals surface area contributed by atoms with Gasteiger partial charge in [-0.15, -0.1) is 0 Å². The molecule has 1 aromatic carbocycles. The summed E-state index contributed by atoms with van der Waals surface area (Å²) >= 11 is 0. The molecule has 0 aliphatic carbocycles. The van der Waals surface area contributed by atoms with E-state index in [0.29, 0.717) is 32.1 Å². The number of aromatic nitrogens is 1. The van der Waals surface area contributed by atoms with Gasteiger partial charge in [0, 0.05) is 19.3 Å². The quantitative estimate of drug-likeness (QED) is 0.929. The zero-order valence-electron chi connectivity index (χ0n) is 13.9. The lowest BCUT2D eigenvalue weighted by molar-refractivity contribution is 0.0785. The van der Waals surface area contributed by atoms with Crippen molar-refractivity contribution in [2.24, 2.45) is 11.7 Å². The maximum absolute atomic E-state index is 12.7. The molecule has 1 aliphatic rings. The van der Waals surface area contributed by atoms with E-state index in [1.54, 1.807) is 27.8 Å². The lowest BCUT2D eigenvalue weighted by atomic mass is 10.1. The van der Waals surface area contributed by atoms with Crippen molar-refractivity contribution in [3.63, 3.8) is 0 Å². The van der Waals surface area contributed by atoms with Crippen LogP contribution in [0, 0.1) is 12.8 Å². The maximum Gasteiger partial charge on any atom is 0.263 e. The van der Waals surface area contributed by atoms with E-state index in [2.05, 4.69) is 0 Å². The molecule has 1 fully saturated rings. The summed E-state index contributed by atoms with van der Waals surface area (Å²) in [7, 11) is 0. The number of benzene rings is 1. The summed E-state index contributed by atoms with van der Waals surface area (Å²) in [4.78, 5) is 27.1. The van der Waals surface area contributed by atoms with Crippen molar-refractivity contribution in [3.8, 4) is 0 Å². The fourth-order valence-electron chi connectivity index (χ4n) is 3.21. The van der Waals surface area contributed by atoms with Crippen LogP contribution in [0.25, 0.3) is 0 Å². The minimum Gasteiger partial charge on any atom is -0.338 e. The molecule has 0 radical (unpaired) electrons. The monoisotopic (exact) mass is 325 g/mol. The van der Waals surface area contributed by atoms with Gasteiger partial charge in [-0.1, -0.05) is 29.8 Å². The average molecular weight is 325 g/mol. The van der Waals surface area contributed by atoms with Gasteiger partial charge in [0.1, 0.15) is 5.56 Å². The molecule has 1 amide bonds. The smallest absolute Gasteiger partial charge is 0.263 e. The topological polar surface area (TPSA) is 68.3 Å². The Hall–Kier alpha value is -2.40. The predicted octanol–water partition coefficient (Wildman–Crippen LogP) is 1.63. The van der Waals surface area contributed by atoms with Gasteiger partial charge < -0.3 is 15.2 Å². The fourth-order valence-corrected chi connectivity index (χ4v) is 3.21. The predicted molar refractivity (Wildman–Crippen MR) is 94.0 cm³/mol. The molecule has 1 atom stereocenters. The van der Waals surface area contributed by atoms with Crippen LogP contribution in [0.1, 0.15) is 27.9 Å². The lowest BCUT2D eigenvalue weighted by Gasteiger charge is -2.16. The molecule has 5 heteroatoms. The molecule has 1 aliphatic heterocycles. The average Bonchev–Trinajstić information content (AvgIpc) is 3.05. The molecule has 2 heterocycles. The van der Waals surface area contributed by atoms with E-state index in [1.807, 2.05) is 31.2 Å². The second-order valence-corrected chi connectivity index (χ2v) is 6.49. The van der Waals surface area contributed by atoms with Gasteiger partial charge in [0.05, 0.1) is 6.54 Å². The summed E-state index contributed by atoms with van der Waals surface area (Å²) in [5, 5.41) is 0. The zero-order valence-corrected chi connectivity index (χ0v) is 13.9. The van der Waals surface area contributed by atoms with E-state index in [-0.39, 0.29) is 17.0 Å². The first-order chi connectivity index (χ1) is 11.6. The molecule has 1 aromatic heterocycles. The maximum atomic E-state index is 12.7. The van der Waals surface area contributed by atoms with Crippen molar-refractivity contribution in [3.05, 3.63) is 69.6 Å². The number of pyridine rings is 1. The van der Waals surface area contributed by atoms with Crippen LogP contribution in [0.3, 0.4) is 0 Å². The minimum atomic E-state index is -0.236. The van der Waals surface area contributed by atoms with Crippen molar-refractivity contribution in [2.75, 3.05) is 19.6 Å². The lowest BCUT2D eigenvalue weighted by Crippen LogP contribution is -2.35. The first kappa shape index (κ1) is 16.5. The third kappa shape index (κ3) is 3.41. The molecule has 0 spiro atoms. The number of nitrogens with zero attached hydrogens (tertiary/aromatic N) is 2. The number of carbonyl (C=O) groups excluding carboxylic acids is 1. The standard InChI is InChI=1S/C19H23N3O2/c1-14-4-2-5-15(10-14)12-21-8-3-6-17(18(21)23)19(24)22-9-7-16(11-20)13-22/h2-6,8,10,16H,7,9,11-13,20H2,1H3. The number of carbonyl (C=O) groups is 1. The molecule has 1 unspecified atom stereocenters. The second kappa shape index (κ2) is 7.01. The Morgan fingerprint density at radius 2 is 2.12 bits per heavy atom. The van der Waals surface area contributed by atoms with Gasteiger partial charge in [0.15, 0.2) is 0 Å². The molecule has 126 valence electrons. The van der Waals surface area contributed by atoms with E-state index < -0.39 is 0 Å². The molecule has 1 saturated heterocycles. The summed E-state index contributed by atoms with van der Waals surface area (Å²) < 4.78 is 1.60. The highest BCUT2D eigenvalue weighted by Gasteiger charge is 2.27. The zero-order chi connectivity index (χ0) is 17.1. The SMILES string of the molecule is Cc1cccc(Cn2cccc(C(=O)N3CCC(CN)C3)c2=O)c1. The van der Waals surface area contributed by atoms with E-state index in [9.17, 15) is 9.59 Å². The molecule has 0 saturated carbocycles. The molecule has 2 N–H and O–H groups in total. The van der Waals surface area contributed by atoms with E-state index in [0.717, 1.165) is 17.5 Å². The number of likely N-dealkylation sites (tertiary alicyclic amines) is 1. The Labute approximate surface area is 141 Å². The highest BCUT2D eigenvalue weighted by Crippen LogP contribution is 2.16. The first-order valence-corrected chi connectivity index (χ1v) is 8.33. The highest BCUT2D eigenvalue weighted by atomic mass is 16.2. The molecule has 24 heavy (non-hydrogen) atoms. The van der Waals surface area contributed by atoms with Crippen molar-refractivity contribution in [2.45, 2.75) is 19.9 Å². The van der Waals surface area contributed by atoms with Crippen LogP contribution in [0.5, 0.6) is 0 Å². The number of nitrogens with two attached hydrogens (primary N) is 1. The first-order valence-electron chi connectivity index (χ1n) is 8.33. The Morgan fingerprint density at radius 1 is 1.29 bits per heavy atom. The summed E-state index contributed by atoms with van der Waals surface area (Å²) in [6.45, 7) is 4.38. The Morgan fingerprint density at radius 3 is 2.83 bits per heavy atom. The van der Waals surface area contributed by atoms with Gasteiger partial charge in [-0.25, -0.2) is 0 Å². The number of rotatable bonds is 4. The van der Waals surface area contributed by atoms with Crippen LogP contribution in [-0.2, 0) is 6.54 Å². The Balaban J connectivity index is 1.83. The number of hydrogen-bond acceptors (Lipinski definition) is 3. The summed E-state index contributed by atoms with van der Waals surface area (Å²) in [5.41, 5.74) is 7.88. The Kier molecular flexibility index (Phi) is 4.81. The molecule has 5 nitrogen and oxygen atoms in total. The van der Waals surface area contributed by atoms with Gasteiger partial charge >= 0.3 is 0 Å². The molecule has 0 bridgehead atoms. The van der Waals surface area contributed by atoms with Crippen LogP contribution in [0.15, 0.2) is 47.4 Å². The minimum absolute atomic E-state index is 0.186. The van der Waals surface area contributed by atoms with Crippen LogP contribution < -0.4 is 11.3 Å². The largest absolute Gasteiger partial charge is 0.338 e. The number of amides is 1. The number of hydrogen-bond donors (Lipinski definition) is 1. The molecule has 3 rings (SSSR count). The Bertz CT molecular complexity index is 797.